The Morgan fingerprint density at radius 3 is 2.50 bits per heavy atom. The van der Waals surface area contributed by atoms with Gasteiger partial charge < -0.3 is 15.7 Å². The smallest absolute Gasteiger partial charge is 0.134 e. The molecule has 5 nitrogen and oxygen atoms in total. The van der Waals surface area contributed by atoms with Crippen LogP contribution in [0.4, 0.5) is 11.6 Å². The number of aliphatic hydroxyl groups excluding tert-OH is 1. The summed E-state index contributed by atoms with van der Waals surface area (Å²) >= 11 is 0. The number of rotatable bonds is 10. The van der Waals surface area contributed by atoms with Crippen molar-refractivity contribution in [1.82, 2.24) is 9.97 Å². The van der Waals surface area contributed by atoms with Crippen LogP contribution in [0.5, 0.6) is 0 Å². The predicted octanol–water partition coefficient (Wildman–Crippen LogP) is 2.68. The van der Waals surface area contributed by atoms with E-state index in [9.17, 15) is 0 Å². The molecule has 0 aliphatic carbocycles. The molecule has 5 heteroatoms. The van der Waals surface area contributed by atoms with Crippen molar-refractivity contribution in [3.05, 3.63) is 11.9 Å². The third kappa shape index (κ3) is 4.96. The molecule has 0 aliphatic heterocycles. The lowest BCUT2D eigenvalue weighted by molar-refractivity contribution is 0.255. The Bertz CT molecular complexity index is 378. The Balaban J connectivity index is 2.74. The van der Waals surface area contributed by atoms with Gasteiger partial charge in [-0.2, -0.15) is 0 Å². The highest BCUT2D eigenvalue weighted by Crippen LogP contribution is 2.22. The molecule has 1 aromatic rings. The molecule has 1 aromatic heterocycles. The van der Waals surface area contributed by atoms with Crippen molar-refractivity contribution in [2.45, 2.75) is 46.0 Å². The molecular formula is C15H28N4O. The summed E-state index contributed by atoms with van der Waals surface area (Å²) in [6, 6.07) is 0. The van der Waals surface area contributed by atoms with Gasteiger partial charge in [-0.3, -0.25) is 0 Å². The topological polar surface area (TPSA) is 70.1 Å². The van der Waals surface area contributed by atoms with Gasteiger partial charge in [0.1, 0.15) is 18.0 Å². The van der Waals surface area contributed by atoms with Crippen molar-refractivity contribution in [3.63, 3.8) is 0 Å². The van der Waals surface area contributed by atoms with Crippen molar-refractivity contribution >= 4 is 11.6 Å². The lowest BCUT2D eigenvalue weighted by Crippen LogP contribution is -2.18. The maximum absolute atomic E-state index is 9.12. The molecule has 1 unspecified atom stereocenters. The van der Waals surface area contributed by atoms with Crippen molar-refractivity contribution in [1.29, 1.82) is 0 Å². The van der Waals surface area contributed by atoms with Gasteiger partial charge in [0.25, 0.3) is 0 Å². The average molecular weight is 280 g/mol. The lowest BCUT2D eigenvalue weighted by atomic mass is 10.00. The fourth-order valence-electron chi connectivity index (χ4n) is 2.45. The minimum absolute atomic E-state index is 0.250. The van der Waals surface area contributed by atoms with Gasteiger partial charge in [0.15, 0.2) is 0 Å². The van der Waals surface area contributed by atoms with Gasteiger partial charge in [-0.1, -0.05) is 26.7 Å². The van der Waals surface area contributed by atoms with E-state index in [0.29, 0.717) is 5.92 Å². The average Bonchev–Trinajstić information content (AvgIpc) is 2.46. The molecule has 0 bridgehead atoms. The minimum atomic E-state index is 0.250. The SMILES string of the molecule is CCCc1c(NC)ncnc1NCC(CCC)CCO. The standard InChI is InChI=1S/C15H28N4O/c1-4-6-12(8-9-20)10-17-15-13(7-5-2)14(16-3)18-11-19-15/h11-12,20H,4-10H2,1-3H3,(H2,16,17,18,19). The Morgan fingerprint density at radius 2 is 1.90 bits per heavy atom. The van der Waals surface area contributed by atoms with Crippen molar-refractivity contribution in [2.24, 2.45) is 5.92 Å². The largest absolute Gasteiger partial charge is 0.396 e. The summed E-state index contributed by atoms with van der Waals surface area (Å²) in [5.41, 5.74) is 1.15. The third-order valence-corrected chi connectivity index (χ3v) is 3.47. The van der Waals surface area contributed by atoms with Crippen LogP contribution >= 0.6 is 0 Å². The minimum Gasteiger partial charge on any atom is -0.396 e. The summed E-state index contributed by atoms with van der Waals surface area (Å²) in [7, 11) is 1.89. The highest BCUT2D eigenvalue weighted by atomic mass is 16.3. The number of aliphatic hydroxyl groups is 1. The van der Waals surface area contributed by atoms with Gasteiger partial charge >= 0.3 is 0 Å². The monoisotopic (exact) mass is 280 g/mol. The van der Waals surface area contributed by atoms with Gasteiger partial charge in [0.05, 0.1) is 0 Å². The number of nitrogens with one attached hydrogen (secondary N) is 2. The second-order valence-electron chi connectivity index (χ2n) is 5.10. The Morgan fingerprint density at radius 1 is 1.15 bits per heavy atom. The van der Waals surface area contributed by atoms with E-state index in [2.05, 4.69) is 34.4 Å². The fraction of sp³-hybridized carbons (Fsp3) is 0.733. The van der Waals surface area contributed by atoms with E-state index in [1.807, 2.05) is 7.05 Å². The van der Waals surface area contributed by atoms with E-state index in [1.165, 1.54) is 0 Å². The second-order valence-corrected chi connectivity index (χ2v) is 5.10. The molecule has 114 valence electrons. The molecule has 3 N–H and O–H groups in total. The van der Waals surface area contributed by atoms with Crippen LogP contribution in [0.1, 0.15) is 45.1 Å². The van der Waals surface area contributed by atoms with Crippen LogP contribution in [0.2, 0.25) is 0 Å². The van der Waals surface area contributed by atoms with Crippen molar-refractivity contribution in [2.75, 3.05) is 30.8 Å². The Kier molecular flexibility index (Phi) is 7.95. The van der Waals surface area contributed by atoms with Crippen molar-refractivity contribution in [3.8, 4) is 0 Å². The molecule has 0 spiro atoms. The van der Waals surface area contributed by atoms with Gasteiger partial charge in [0, 0.05) is 25.8 Å². The first-order chi connectivity index (χ1) is 9.76. The highest BCUT2D eigenvalue weighted by Gasteiger charge is 2.12. The van der Waals surface area contributed by atoms with Crippen LogP contribution < -0.4 is 10.6 Å². The highest BCUT2D eigenvalue weighted by molar-refractivity contribution is 5.57. The molecule has 1 atom stereocenters. The zero-order valence-electron chi connectivity index (χ0n) is 12.9. The summed E-state index contributed by atoms with van der Waals surface area (Å²) in [4.78, 5) is 8.65. The first-order valence-corrected chi connectivity index (χ1v) is 7.63. The van der Waals surface area contributed by atoms with E-state index in [-0.39, 0.29) is 6.61 Å². The molecular weight excluding hydrogens is 252 g/mol. The van der Waals surface area contributed by atoms with E-state index in [4.69, 9.17) is 5.11 Å². The number of hydrogen-bond donors (Lipinski definition) is 3. The maximum atomic E-state index is 9.12. The predicted molar refractivity (Wildman–Crippen MR) is 84.2 cm³/mol. The molecule has 0 amide bonds. The van der Waals surface area contributed by atoms with Crippen LogP contribution in [0.3, 0.4) is 0 Å². The summed E-state index contributed by atoms with van der Waals surface area (Å²) in [5, 5.41) is 15.7. The zero-order chi connectivity index (χ0) is 14.8. The quantitative estimate of drug-likeness (QED) is 0.615. The van der Waals surface area contributed by atoms with Crippen LogP contribution in [-0.4, -0.2) is 35.3 Å². The molecule has 0 saturated carbocycles. The molecule has 0 fully saturated rings. The number of aromatic nitrogens is 2. The van der Waals surface area contributed by atoms with Gasteiger partial charge in [-0.25, -0.2) is 9.97 Å². The molecule has 0 saturated heterocycles. The summed E-state index contributed by atoms with van der Waals surface area (Å²) in [6.07, 6.45) is 6.71. The Labute approximate surface area is 122 Å². The molecule has 1 rings (SSSR count). The first kappa shape index (κ1) is 16.7. The maximum Gasteiger partial charge on any atom is 0.134 e. The van der Waals surface area contributed by atoms with E-state index in [0.717, 1.165) is 55.8 Å². The summed E-state index contributed by atoms with van der Waals surface area (Å²) in [6.45, 7) is 5.43. The van der Waals surface area contributed by atoms with Crippen LogP contribution in [-0.2, 0) is 6.42 Å². The second kappa shape index (κ2) is 9.53. The van der Waals surface area contributed by atoms with Gasteiger partial charge in [0.2, 0.25) is 0 Å². The van der Waals surface area contributed by atoms with Gasteiger partial charge in [-0.05, 0) is 25.2 Å². The molecule has 1 heterocycles. The molecule has 20 heavy (non-hydrogen) atoms. The molecule has 0 aliphatic rings. The summed E-state index contributed by atoms with van der Waals surface area (Å²) < 4.78 is 0. The number of anilines is 2. The van der Waals surface area contributed by atoms with E-state index >= 15 is 0 Å². The van der Waals surface area contributed by atoms with Crippen LogP contribution in [0.25, 0.3) is 0 Å². The van der Waals surface area contributed by atoms with E-state index in [1.54, 1.807) is 6.33 Å². The van der Waals surface area contributed by atoms with E-state index < -0.39 is 0 Å². The van der Waals surface area contributed by atoms with Crippen LogP contribution in [0, 0.1) is 5.92 Å². The van der Waals surface area contributed by atoms with Crippen LogP contribution in [0.15, 0.2) is 6.33 Å². The third-order valence-electron chi connectivity index (χ3n) is 3.47. The Hall–Kier alpha value is -1.36. The normalized spacial score (nSPS) is 12.2. The fourth-order valence-corrected chi connectivity index (χ4v) is 2.45. The lowest BCUT2D eigenvalue weighted by Gasteiger charge is -2.18. The van der Waals surface area contributed by atoms with Crippen molar-refractivity contribution < 1.29 is 5.11 Å². The van der Waals surface area contributed by atoms with Gasteiger partial charge in [-0.15, -0.1) is 0 Å². The summed E-state index contributed by atoms with van der Waals surface area (Å²) in [5.74, 6) is 2.32. The zero-order valence-corrected chi connectivity index (χ0v) is 12.9. The number of hydrogen-bond acceptors (Lipinski definition) is 5. The first-order valence-electron chi connectivity index (χ1n) is 7.63. The number of nitrogens with zero attached hydrogens (tertiary/aromatic N) is 2. The molecule has 0 aromatic carbocycles. The molecule has 0 radical (unpaired) electrons.